The van der Waals surface area contributed by atoms with Gasteiger partial charge in [0.2, 0.25) is 0 Å². The van der Waals surface area contributed by atoms with Gasteiger partial charge >= 0.3 is 0 Å². The zero-order valence-corrected chi connectivity index (χ0v) is 33.2. The van der Waals surface area contributed by atoms with E-state index in [2.05, 4.69) is 19.9 Å². The number of hydrogen-bond donors (Lipinski definition) is 8. The van der Waals surface area contributed by atoms with Crippen LogP contribution >= 0.6 is 0 Å². The second kappa shape index (κ2) is 16.3. The Morgan fingerprint density at radius 3 is 1.95 bits per heavy atom. The molecule has 6 fully saturated rings. The number of aliphatic hydroxyl groups excluding tert-OH is 8. The molecular formula is C40H64O16. The van der Waals surface area contributed by atoms with Crippen molar-refractivity contribution < 1.29 is 78.8 Å². The summed E-state index contributed by atoms with van der Waals surface area (Å²) in [6, 6.07) is 0. The quantitative estimate of drug-likeness (QED) is 0.139. The van der Waals surface area contributed by atoms with Crippen molar-refractivity contribution in [2.24, 2.45) is 34.5 Å². The van der Waals surface area contributed by atoms with Crippen molar-refractivity contribution in [1.29, 1.82) is 0 Å². The van der Waals surface area contributed by atoms with Crippen LogP contribution in [0.15, 0.2) is 11.6 Å². The number of ether oxygens (including phenoxy) is 7. The molecule has 7 aliphatic rings. The molecule has 0 bridgehead atoms. The number of rotatable bonds is 9. The van der Waals surface area contributed by atoms with Crippen molar-refractivity contribution in [3.8, 4) is 0 Å². The second-order valence-corrected chi connectivity index (χ2v) is 18.2. The standard InChI is InChI=1S/C40H64O16/c1-16(42)26-24(50-6)14-23-21-8-7-19-13-20(9-11-39(19,4)22(21)10-12-40(23,26)5)53-38-35(56-37-32(48)30(46)28(44)18(3)52-37)33(49)34(25(15-41)54-38)55-36-31(47)29(45)27(43)17(2)51-36/h7,17-18,20-38,41,43-49H,8-15H2,1-6H3/t17-,18-,20-,21+,22-,23-,24-,25+,26-,27-,28-,29+,30+,31+,32+,33-,34+,35+,36-,37-,38+,39-,40+/m0/s1. The SMILES string of the molecule is CO[C@H]1C[C@H]2[C@@H]3CC=C4C[C@@H](O[C@@H]5O[C@H](CO)[C@@H](O[C@@H]6O[C@@H](C)[C@H](O)[C@@H](O)[C@H]6O)[C@H](O)[C@H]5O[C@@H]5O[C@@H](C)[C@H](O)[C@@H](O)[C@H]5O)CC[C@]4(C)[C@H]3CC[C@@]2(C)[C@H]1C(C)=O. The van der Waals surface area contributed by atoms with E-state index in [0.29, 0.717) is 30.6 Å². The van der Waals surface area contributed by atoms with Crippen molar-refractivity contribution in [3.63, 3.8) is 0 Å². The van der Waals surface area contributed by atoms with Gasteiger partial charge in [-0.3, -0.25) is 4.79 Å². The Balaban J connectivity index is 1.11. The molecule has 16 heteroatoms. The molecule has 16 nitrogen and oxygen atoms in total. The first-order valence-electron chi connectivity index (χ1n) is 20.5. The Hall–Kier alpha value is -1.19. The summed E-state index contributed by atoms with van der Waals surface area (Å²) in [5.74, 6) is 1.33. The summed E-state index contributed by atoms with van der Waals surface area (Å²) in [5.41, 5.74) is 1.10. The van der Waals surface area contributed by atoms with Gasteiger partial charge in [0.25, 0.3) is 0 Å². The van der Waals surface area contributed by atoms with E-state index in [0.717, 1.165) is 32.1 Å². The molecule has 4 aliphatic carbocycles. The Labute approximate surface area is 328 Å². The van der Waals surface area contributed by atoms with Crippen LogP contribution in [0.4, 0.5) is 0 Å². The van der Waals surface area contributed by atoms with Gasteiger partial charge in [0.05, 0.1) is 31.0 Å². The molecule has 320 valence electrons. The molecule has 3 heterocycles. The van der Waals surface area contributed by atoms with Crippen LogP contribution in [-0.4, -0.2) is 165 Å². The fraction of sp³-hybridized carbons (Fsp3) is 0.925. The minimum absolute atomic E-state index is 0.0719. The maximum absolute atomic E-state index is 12.9. The van der Waals surface area contributed by atoms with Crippen molar-refractivity contribution in [2.45, 2.75) is 184 Å². The molecule has 3 saturated heterocycles. The lowest BCUT2D eigenvalue weighted by Gasteiger charge is -2.58. The highest BCUT2D eigenvalue weighted by molar-refractivity contribution is 5.80. The van der Waals surface area contributed by atoms with Crippen LogP contribution in [-0.2, 0) is 38.0 Å². The summed E-state index contributed by atoms with van der Waals surface area (Å²) < 4.78 is 42.2. The zero-order chi connectivity index (χ0) is 40.6. The first kappa shape index (κ1) is 42.9. The summed E-state index contributed by atoms with van der Waals surface area (Å²) in [5, 5.41) is 85.4. The van der Waals surface area contributed by atoms with E-state index in [4.69, 9.17) is 33.2 Å². The van der Waals surface area contributed by atoms with Gasteiger partial charge in [-0.1, -0.05) is 25.5 Å². The summed E-state index contributed by atoms with van der Waals surface area (Å²) in [4.78, 5) is 12.9. The number of Topliss-reactive ketones (excluding diaryl/α,β-unsaturated/α-hetero) is 1. The molecule has 0 spiro atoms. The molecule has 0 aromatic heterocycles. The van der Waals surface area contributed by atoms with E-state index in [1.54, 1.807) is 14.0 Å². The summed E-state index contributed by atoms with van der Waals surface area (Å²) in [6.45, 7) is 8.64. The lowest BCUT2D eigenvalue weighted by Crippen LogP contribution is -2.66. The summed E-state index contributed by atoms with van der Waals surface area (Å²) >= 11 is 0. The van der Waals surface area contributed by atoms with Crippen LogP contribution in [0, 0.1) is 34.5 Å². The third-order valence-electron chi connectivity index (χ3n) is 15.1. The number of carbonyl (C=O) groups excluding carboxylic acids is 1. The maximum atomic E-state index is 12.9. The van der Waals surface area contributed by atoms with Gasteiger partial charge in [0, 0.05) is 13.0 Å². The van der Waals surface area contributed by atoms with Crippen LogP contribution < -0.4 is 0 Å². The lowest BCUT2D eigenvalue weighted by atomic mass is 9.47. The van der Waals surface area contributed by atoms with Crippen LogP contribution in [0.25, 0.3) is 0 Å². The first-order chi connectivity index (χ1) is 26.4. The topological polar surface area (TPSA) is 244 Å². The molecule has 8 N–H and O–H groups in total. The number of carbonyl (C=O) groups is 1. The second-order valence-electron chi connectivity index (χ2n) is 18.2. The number of ketones is 1. The largest absolute Gasteiger partial charge is 0.394 e. The fourth-order valence-corrected chi connectivity index (χ4v) is 11.9. The van der Waals surface area contributed by atoms with Crippen LogP contribution in [0.2, 0.25) is 0 Å². The molecule has 7 rings (SSSR count). The summed E-state index contributed by atoms with van der Waals surface area (Å²) in [6.07, 6.45) is -13.9. The van der Waals surface area contributed by atoms with E-state index < -0.39 is 105 Å². The van der Waals surface area contributed by atoms with Crippen LogP contribution in [0.1, 0.15) is 79.6 Å². The van der Waals surface area contributed by atoms with Crippen molar-refractivity contribution in [1.82, 2.24) is 0 Å². The smallest absolute Gasteiger partial charge is 0.187 e. The fourth-order valence-electron chi connectivity index (χ4n) is 11.9. The third-order valence-corrected chi connectivity index (χ3v) is 15.1. The van der Waals surface area contributed by atoms with E-state index in [9.17, 15) is 45.6 Å². The van der Waals surface area contributed by atoms with Gasteiger partial charge in [0.15, 0.2) is 18.9 Å². The van der Waals surface area contributed by atoms with Gasteiger partial charge in [-0.2, -0.15) is 0 Å². The van der Waals surface area contributed by atoms with Gasteiger partial charge in [-0.05, 0) is 94.3 Å². The van der Waals surface area contributed by atoms with Gasteiger partial charge < -0.3 is 74.0 Å². The van der Waals surface area contributed by atoms with Crippen LogP contribution in [0.5, 0.6) is 0 Å². The molecule has 0 aromatic carbocycles. The van der Waals surface area contributed by atoms with Crippen LogP contribution in [0.3, 0.4) is 0 Å². The van der Waals surface area contributed by atoms with E-state index >= 15 is 0 Å². The molecule has 0 aromatic rings. The predicted octanol–water partition coefficient (Wildman–Crippen LogP) is -0.332. The summed E-state index contributed by atoms with van der Waals surface area (Å²) in [7, 11) is 1.71. The minimum atomic E-state index is -1.72. The van der Waals surface area contributed by atoms with E-state index in [1.165, 1.54) is 19.4 Å². The predicted molar refractivity (Wildman–Crippen MR) is 193 cm³/mol. The van der Waals surface area contributed by atoms with Gasteiger partial charge in [0.1, 0.15) is 66.8 Å². The Morgan fingerprint density at radius 1 is 0.768 bits per heavy atom. The molecule has 0 radical (unpaired) electrons. The lowest BCUT2D eigenvalue weighted by molar-refractivity contribution is -0.388. The van der Waals surface area contributed by atoms with Crippen molar-refractivity contribution in [3.05, 3.63) is 11.6 Å². The maximum Gasteiger partial charge on any atom is 0.187 e. The number of methoxy groups -OCH3 is 1. The van der Waals surface area contributed by atoms with E-state index in [1.807, 2.05) is 0 Å². The molecule has 3 saturated carbocycles. The normalized spacial score (nSPS) is 54.8. The highest BCUT2D eigenvalue weighted by atomic mass is 16.8. The molecule has 0 amide bonds. The van der Waals surface area contributed by atoms with Gasteiger partial charge in [-0.15, -0.1) is 0 Å². The highest BCUT2D eigenvalue weighted by Crippen LogP contribution is 2.66. The van der Waals surface area contributed by atoms with E-state index in [-0.39, 0.29) is 28.6 Å². The third kappa shape index (κ3) is 7.25. The van der Waals surface area contributed by atoms with Crippen molar-refractivity contribution in [2.75, 3.05) is 13.7 Å². The average Bonchev–Trinajstić information content (AvgIpc) is 3.49. The molecule has 3 aliphatic heterocycles. The average molecular weight is 801 g/mol. The van der Waals surface area contributed by atoms with Crippen molar-refractivity contribution >= 4 is 5.78 Å². The number of allylic oxidation sites excluding steroid dienone is 1. The van der Waals surface area contributed by atoms with Gasteiger partial charge in [-0.25, -0.2) is 0 Å². The first-order valence-corrected chi connectivity index (χ1v) is 20.5. The number of aliphatic hydroxyl groups is 8. The number of fused-ring (bicyclic) bond motifs is 5. The molecule has 23 atom stereocenters. The zero-order valence-electron chi connectivity index (χ0n) is 33.2. The number of hydrogen-bond acceptors (Lipinski definition) is 16. The molecular weight excluding hydrogens is 736 g/mol. The Bertz CT molecular complexity index is 1430. The highest BCUT2D eigenvalue weighted by Gasteiger charge is 2.63. The molecule has 56 heavy (non-hydrogen) atoms. The Morgan fingerprint density at radius 2 is 1.38 bits per heavy atom. The Kier molecular flexibility index (Phi) is 12.5. The minimum Gasteiger partial charge on any atom is -0.394 e. The monoisotopic (exact) mass is 800 g/mol. The molecule has 0 unspecified atom stereocenters.